The van der Waals surface area contributed by atoms with Gasteiger partial charge in [-0.3, -0.25) is 19.4 Å². The van der Waals surface area contributed by atoms with Crippen LogP contribution >= 0.6 is 0 Å². The topological polar surface area (TPSA) is 140 Å². The van der Waals surface area contributed by atoms with Crippen molar-refractivity contribution in [3.05, 3.63) is 89.2 Å². The molecular weight excluding hydrogens is 772 g/mol. The highest BCUT2D eigenvalue weighted by atomic mass is 19.4. The number of aliphatic carboxylic acids is 1. The Morgan fingerprint density at radius 2 is 1.55 bits per heavy atom. The van der Waals surface area contributed by atoms with Crippen LogP contribution in [0.25, 0.3) is 0 Å². The molecule has 2 atom stereocenters. The van der Waals surface area contributed by atoms with Crippen molar-refractivity contribution in [3.8, 4) is 11.5 Å². The zero-order valence-corrected chi connectivity index (χ0v) is 32.2. The minimum absolute atomic E-state index is 0.159. The van der Waals surface area contributed by atoms with Crippen LogP contribution in [0.4, 0.5) is 26.3 Å². The quantitative estimate of drug-likeness (QED) is 0.129. The summed E-state index contributed by atoms with van der Waals surface area (Å²) in [6.45, 7) is 3.03. The van der Waals surface area contributed by atoms with E-state index in [1.54, 1.807) is 11.0 Å². The molecule has 2 aromatic carbocycles. The predicted octanol–water partition coefficient (Wildman–Crippen LogP) is 8.46. The molecule has 316 valence electrons. The van der Waals surface area contributed by atoms with Crippen molar-refractivity contribution in [3.63, 3.8) is 0 Å². The first-order valence-electron chi connectivity index (χ1n) is 19.6. The van der Waals surface area contributed by atoms with E-state index in [-0.39, 0.29) is 44.1 Å². The summed E-state index contributed by atoms with van der Waals surface area (Å²) in [7, 11) is 0. The van der Waals surface area contributed by atoms with Crippen molar-refractivity contribution in [2.45, 2.75) is 102 Å². The Hall–Kier alpha value is -4.86. The maximum Gasteiger partial charge on any atom is 0.418 e. The number of hydrogen-bond acceptors (Lipinski definition) is 7. The van der Waals surface area contributed by atoms with Crippen LogP contribution in [0.5, 0.6) is 11.5 Å². The fourth-order valence-corrected chi connectivity index (χ4v) is 8.19. The number of phenolic OH excluding ortho intramolecular Hbond substituents is 1. The molecule has 1 aromatic heterocycles. The van der Waals surface area contributed by atoms with Gasteiger partial charge in [0.1, 0.15) is 17.2 Å². The van der Waals surface area contributed by atoms with E-state index in [0.29, 0.717) is 69.3 Å². The molecule has 0 bridgehead atoms. The highest BCUT2D eigenvalue weighted by molar-refractivity contribution is 5.95. The number of rotatable bonds is 11. The number of alkyl halides is 6. The molecular formula is C42H49F6N3O7. The summed E-state index contributed by atoms with van der Waals surface area (Å²) in [6, 6.07) is 12.3. The summed E-state index contributed by atoms with van der Waals surface area (Å²) in [5.74, 6) is -1.94. The van der Waals surface area contributed by atoms with E-state index in [1.807, 2.05) is 25.1 Å². The lowest BCUT2D eigenvalue weighted by Gasteiger charge is -2.45. The summed E-state index contributed by atoms with van der Waals surface area (Å²) in [6.07, 6.45) is -1.85. The fraction of sp³-hybridized carbons (Fsp3) is 0.524. The summed E-state index contributed by atoms with van der Waals surface area (Å²) in [4.78, 5) is 46.1. The van der Waals surface area contributed by atoms with E-state index in [9.17, 15) is 50.9 Å². The third kappa shape index (κ3) is 10.2. The second-order valence-electron chi connectivity index (χ2n) is 15.3. The molecule has 2 aliphatic heterocycles. The number of ether oxygens (including phenoxy) is 1. The minimum Gasteiger partial charge on any atom is -0.508 e. The number of likely N-dealkylation sites (tertiary alicyclic amines) is 2. The molecule has 2 saturated heterocycles. The summed E-state index contributed by atoms with van der Waals surface area (Å²) in [5, 5.41) is 30.0. The number of carboxylic acid groups (broad SMARTS) is 1. The number of carbonyl (C=O) groups excluding carboxylic acids is 2. The monoisotopic (exact) mass is 821 g/mol. The zero-order chi connectivity index (χ0) is 42.3. The number of benzene rings is 2. The molecule has 3 N–H and O–H groups in total. The van der Waals surface area contributed by atoms with Gasteiger partial charge in [-0.1, -0.05) is 38.0 Å². The Kier molecular flexibility index (Phi) is 14.0. The number of amides is 2. The number of nitrogens with zero attached hydrogens (tertiary/aromatic N) is 3. The van der Waals surface area contributed by atoms with Crippen LogP contribution in [0.15, 0.2) is 66.9 Å². The Morgan fingerprint density at radius 3 is 2.14 bits per heavy atom. The van der Waals surface area contributed by atoms with Gasteiger partial charge >= 0.3 is 18.3 Å². The number of carboxylic acids is 1. The molecule has 2 unspecified atom stereocenters. The normalized spacial score (nSPS) is 20.3. The Balaban J connectivity index is 0.000000503. The molecule has 3 aliphatic rings. The van der Waals surface area contributed by atoms with Crippen LogP contribution in [0.3, 0.4) is 0 Å². The number of hydrogen-bond donors (Lipinski definition) is 3. The molecule has 3 heterocycles. The number of halogens is 6. The van der Waals surface area contributed by atoms with Crippen LogP contribution in [0.1, 0.15) is 105 Å². The van der Waals surface area contributed by atoms with Gasteiger partial charge in [0.05, 0.1) is 34.7 Å². The average Bonchev–Trinajstić information content (AvgIpc) is 3.17. The van der Waals surface area contributed by atoms with Crippen LogP contribution in [-0.4, -0.2) is 80.2 Å². The molecule has 16 heteroatoms. The van der Waals surface area contributed by atoms with Gasteiger partial charge in [0.25, 0.3) is 5.91 Å². The lowest BCUT2D eigenvalue weighted by molar-refractivity contribution is -0.155. The second kappa shape index (κ2) is 18.4. The zero-order valence-electron chi connectivity index (χ0n) is 32.2. The Morgan fingerprint density at radius 1 is 0.879 bits per heavy atom. The lowest BCUT2D eigenvalue weighted by atomic mass is 9.66. The summed E-state index contributed by atoms with van der Waals surface area (Å²) in [5.41, 5.74) is -3.76. The number of para-hydroxylation sites is 1. The van der Waals surface area contributed by atoms with Crippen molar-refractivity contribution < 1.29 is 60.8 Å². The van der Waals surface area contributed by atoms with Gasteiger partial charge in [0.15, 0.2) is 0 Å². The number of aromatic hydroxyl groups is 1. The maximum absolute atomic E-state index is 14.0. The van der Waals surface area contributed by atoms with Crippen LogP contribution in [0, 0.1) is 11.3 Å². The molecule has 10 nitrogen and oxygen atoms in total. The largest absolute Gasteiger partial charge is 0.508 e. The smallest absolute Gasteiger partial charge is 0.418 e. The van der Waals surface area contributed by atoms with Crippen molar-refractivity contribution in [1.82, 2.24) is 14.8 Å². The molecule has 2 amide bonds. The SMILES string of the molecule is CCCC1C(C(=O)N2CCC(O)(c3ccccc3OCCCC3(C(=O)O)CCC3)CC2)CCCN1C(=O)c1ncccc1C(F)(F)F.Oc1ccc(C(F)(F)F)cc1. The first-order chi connectivity index (χ1) is 27.4. The van der Waals surface area contributed by atoms with Crippen molar-refractivity contribution in [1.29, 1.82) is 0 Å². The van der Waals surface area contributed by atoms with E-state index >= 15 is 0 Å². The Bertz CT molecular complexity index is 1880. The highest BCUT2D eigenvalue weighted by Gasteiger charge is 2.46. The first kappa shape index (κ1) is 44.2. The van der Waals surface area contributed by atoms with E-state index in [0.717, 1.165) is 42.8 Å². The van der Waals surface area contributed by atoms with Crippen molar-refractivity contribution in [2.75, 3.05) is 26.2 Å². The maximum atomic E-state index is 14.0. The third-order valence-corrected chi connectivity index (χ3v) is 11.6. The molecule has 1 aliphatic carbocycles. The average molecular weight is 822 g/mol. The van der Waals surface area contributed by atoms with E-state index in [2.05, 4.69) is 4.98 Å². The number of pyridine rings is 1. The molecule has 0 spiro atoms. The van der Waals surface area contributed by atoms with Crippen molar-refractivity contribution >= 4 is 17.8 Å². The van der Waals surface area contributed by atoms with Crippen LogP contribution in [0.2, 0.25) is 0 Å². The predicted molar refractivity (Wildman–Crippen MR) is 200 cm³/mol. The fourth-order valence-electron chi connectivity index (χ4n) is 8.19. The standard InChI is InChI=1S/C35H44F3N3O6.C7H5F3O/c1-2-9-27-24(10-6-20-41(27)31(43)29-26(35(36,37)38)12-5-19-39-29)30(42)40-21-17-34(46,18-22-40)25-11-3-4-13-28(25)47-23-8-16-33(32(44)45)14-7-15-33;8-7(9,10)5-1-3-6(11)4-2-5/h3-5,11-13,19,24,27,46H,2,6-10,14-18,20-23H2,1H3,(H,44,45);1-4,11H. The minimum atomic E-state index is -4.74. The molecule has 0 radical (unpaired) electrons. The molecule has 3 aromatic rings. The summed E-state index contributed by atoms with van der Waals surface area (Å²) >= 11 is 0. The molecule has 1 saturated carbocycles. The number of phenols is 1. The van der Waals surface area contributed by atoms with Gasteiger partial charge in [-0.15, -0.1) is 0 Å². The van der Waals surface area contributed by atoms with E-state index < -0.39 is 64.0 Å². The van der Waals surface area contributed by atoms with Gasteiger partial charge in [-0.25, -0.2) is 0 Å². The first-order valence-corrected chi connectivity index (χ1v) is 19.6. The van der Waals surface area contributed by atoms with Crippen molar-refractivity contribution in [2.24, 2.45) is 11.3 Å². The van der Waals surface area contributed by atoms with Gasteiger partial charge in [0, 0.05) is 37.4 Å². The summed E-state index contributed by atoms with van der Waals surface area (Å²) < 4.78 is 82.7. The van der Waals surface area contributed by atoms with Gasteiger partial charge in [-0.2, -0.15) is 26.3 Å². The lowest BCUT2D eigenvalue weighted by Crippen LogP contribution is -2.55. The number of carbonyl (C=O) groups is 3. The van der Waals surface area contributed by atoms with Crippen LogP contribution < -0.4 is 4.74 Å². The van der Waals surface area contributed by atoms with Crippen LogP contribution in [-0.2, 0) is 27.5 Å². The number of piperidine rings is 2. The number of aliphatic hydroxyl groups is 1. The molecule has 3 fully saturated rings. The van der Waals surface area contributed by atoms with E-state index in [1.165, 1.54) is 11.1 Å². The Labute approximate surface area is 332 Å². The van der Waals surface area contributed by atoms with Gasteiger partial charge in [0.2, 0.25) is 5.91 Å². The highest BCUT2D eigenvalue weighted by Crippen LogP contribution is 2.45. The second-order valence-corrected chi connectivity index (χ2v) is 15.3. The van der Waals surface area contributed by atoms with Gasteiger partial charge < -0.3 is 29.9 Å². The third-order valence-electron chi connectivity index (χ3n) is 11.6. The van der Waals surface area contributed by atoms with E-state index in [4.69, 9.17) is 9.84 Å². The molecule has 58 heavy (non-hydrogen) atoms. The number of aromatic nitrogens is 1. The van der Waals surface area contributed by atoms with Gasteiger partial charge in [-0.05, 0) is 100 Å². The molecule has 6 rings (SSSR count).